The summed E-state index contributed by atoms with van der Waals surface area (Å²) >= 11 is 0. The number of hydrogen-bond donors (Lipinski definition) is 8. The summed E-state index contributed by atoms with van der Waals surface area (Å²) in [4.78, 5) is 147. The zero-order valence-electron chi connectivity index (χ0n) is 43.3. The van der Waals surface area contributed by atoms with Crippen LogP contribution in [-0.4, -0.2) is 133 Å². The van der Waals surface area contributed by atoms with Crippen LogP contribution in [0.2, 0.25) is 0 Å². The summed E-state index contributed by atoms with van der Waals surface area (Å²) in [5.74, 6) is 1.78. The van der Waals surface area contributed by atoms with Crippen molar-refractivity contribution in [2.24, 2.45) is 5.73 Å². The fourth-order valence-electron chi connectivity index (χ4n) is 11.1. The molecule has 0 radical (unpaired) electrons. The summed E-state index contributed by atoms with van der Waals surface area (Å²) in [5, 5.41) is 10.7. The van der Waals surface area contributed by atoms with E-state index in [1.54, 1.807) is 36.4 Å². The predicted molar refractivity (Wildman–Crippen MR) is 281 cm³/mol. The Morgan fingerprint density at radius 3 is 2.48 bits per heavy atom. The van der Waals surface area contributed by atoms with Crippen LogP contribution in [0.25, 0.3) is 10.9 Å². The Hall–Kier alpha value is -8.00. The highest BCUT2D eigenvalue weighted by Crippen LogP contribution is 2.59. The zero-order valence-corrected chi connectivity index (χ0v) is 44.2. The van der Waals surface area contributed by atoms with Crippen molar-refractivity contribution in [1.29, 1.82) is 0 Å². The molecule has 3 saturated heterocycles. The van der Waals surface area contributed by atoms with Gasteiger partial charge in [0.15, 0.2) is 0 Å². The standard InChI is InChI=1S/C55H60F2N9O13P/c56-55(57,80(76,77)78)33-15-17-38-32(27-33)28-41(59-38)50(71)62-42-30-64(48(69)14-5-3-1-2-4-9-31-10-8-12-35-37(31)29-65(53(35)74)43-20-22-47(68)63-51(43)72)25-23-34-16-19-44(66(34)54(42)75)52(73)61-40(18-21-46(58)67)49(70)60-39-24-26-79-45-13-7-6-11-36(39)45/h6-8,10-13,15,17,27-28,34,39-40,42-44,59H,1-3,5,14,16,18-26,29-30H2,(H2,58,67)(H,60,70)(H,61,73)(H,62,71)(H,63,68,72)(H2,76,77,78)/t34-,39-,40?,42+,43?,44+/m1/s1. The maximum absolute atomic E-state index is 14.9. The molecule has 0 saturated carbocycles. The van der Waals surface area contributed by atoms with E-state index in [0.717, 1.165) is 23.8 Å². The molecule has 1 aromatic heterocycles. The number of aromatic nitrogens is 1. The third-order valence-corrected chi connectivity index (χ3v) is 16.3. The number of aromatic amines is 1. The SMILES string of the molecule is NC(=O)CCC(NC(=O)[C@@H]1CC[C@@H]2CCN(C(=O)CCCCCC#Cc3cccc4c3CN(C3CCC(=O)NC3=O)C4=O)C[C@H](NC(=O)c3cc4cc(C(F)(F)P(=O)(O)O)ccc4[nH]3)C(=O)N21)C(=O)N[C@@H]1CCOc2ccccc21. The van der Waals surface area contributed by atoms with Gasteiger partial charge in [0.05, 0.1) is 12.6 Å². The number of para-hydroxylation sites is 1. The highest BCUT2D eigenvalue weighted by atomic mass is 31.2. The van der Waals surface area contributed by atoms with Crippen molar-refractivity contribution in [3.8, 4) is 17.6 Å². The molecule has 6 heterocycles. The molecule has 2 unspecified atom stereocenters. The normalized spacial score (nSPS) is 21.4. The number of halogens is 2. The first-order valence-electron chi connectivity index (χ1n) is 26.5. The number of hydrogen-bond acceptors (Lipinski definition) is 11. The summed E-state index contributed by atoms with van der Waals surface area (Å²) in [5.41, 5.74) is 2.41. The largest absolute Gasteiger partial charge is 0.493 e. The lowest BCUT2D eigenvalue weighted by Crippen LogP contribution is -2.62. The van der Waals surface area contributed by atoms with Crippen molar-refractivity contribution >= 4 is 71.7 Å². The molecule has 25 heteroatoms. The van der Waals surface area contributed by atoms with Gasteiger partial charge in [0.1, 0.15) is 35.6 Å². The number of ether oxygens (including phenoxy) is 1. The minimum absolute atomic E-state index is 0.00159. The fraction of sp³-hybridized carbons (Fsp3) is 0.436. The molecule has 0 aliphatic carbocycles. The predicted octanol–water partition coefficient (Wildman–Crippen LogP) is 3.24. The van der Waals surface area contributed by atoms with Crippen LogP contribution in [0, 0.1) is 11.8 Å². The van der Waals surface area contributed by atoms with E-state index in [4.69, 9.17) is 10.5 Å². The number of nitrogens with two attached hydrogens (primary N) is 1. The summed E-state index contributed by atoms with van der Waals surface area (Å²) in [6.07, 6.45) is 3.31. The Labute approximate surface area is 457 Å². The molecule has 9 amide bonds. The number of piperidine rings is 1. The number of nitrogens with one attached hydrogen (secondary N) is 5. The number of nitrogens with zero attached hydrogens (tertiary/aromatic N) is 3. The van der Waals surface area contributed by atoms with Gasteiger partial charge in [0, 0.05) is 90.9 Å². The highest BCUT2D eigenvalue weighted by molar-refractivity contribution is 7.52. The van der Waals surface area contributed by atoms with Gasteiger partial charge in [-0.3, -0.25) is 53.0 Å². The average Bonchev–Trinajstić information content (AvgIpc) is 4.22. The molecule has 3 fully saturated rings. The van der Waals surface area contributed by atoms with Crippen molar-refractivity contribution in [1.82, 2.24) is 41.0 Å². The Morgan fingerprint density at radius 2 is 1.70 bits per heavy atom. The van der Waals surface area contributed by atoms with E-state index in [9.17, 15) is 66.3 Å². The van der Waals surface area contributed by atoms with E-state index in [2.05, 4.69) is 38.1 Å². The molecule has 5 aliphatic heterocycles. The quantitative estimate of drug-likeness (QED) is 0.0326. The number of amides is 9. The van der Waals surface area contributed by atoms with Crippen molar-refractivity contribution in [3.63, 3.8) is 0 Å². The van der Waals surface area contributed by atoms with Crippen LogP contribution in [0.4, 0.5) is 8.78 Å². The minimum Gasteiger partial charge on any atom is -0.493 e. The van der Waals surface area contributed by atoms with Crippen LogP contribution in [-0.2, 0) is 50.3 Å². The molecule has 9 rings (SSSR count). The van der Waals surface area contributed by atoms with E-state index in [0.29, 0.717) is 67.6 Å². The van der Waals surface area contributed by atoms with E-state index in [1.807, 2.05) is 6.07 Å². The van der Waals surface area contributed by atoms with Crippen molar-refractivity contribution in [2.75, 3.05) is 19.7 Å². The second-order valence-electron chi connectivity index (χ2n) is 20.6. The molecule has 6 atom stereocenters. The first-order valence-corrected chi connectivity index (χ1v) is 28.1. The van der Waals surface area contributed by atoms with E-state index in [1.165, 1.54) is 20.8 Å². The van der Waals surface area contributed by atoms with Gasteiger partial charge in [-0.25, -0.2) is 0 Å². The number of alkyl halides is 2. The van der Waals surface area contributed by atoms with E-state index < -0.39 is 90.5 Å². The second kappa shape index (κ2) is 23.8. The lowest BCUT2D eigenvalue weighted by atomic mass is 9.99. The van der Waals surface area contributed by atoms with Crippen molar-refractivity contribution < 1.29 is 71.0 Å². The van der Waals surface area contributed by atoms with Gasteiger partial charge in [0.2, 0.25) is 41.4 Å². The van der Waals surface area contributed by atoms with Crippen LogP contribution in [0.5, 0.6) is 5.75 Å². The number of H-pyrrole nitrogens is 1. The maximum atomic E-state index is 14.9. The third kappa shape index (κ3) is 12.2. The lowest BCUT2D eigenvalue weighted by molar-refractivity contribution is -0.145. The van der Waals surface area contributed by atoms with Gasteiger partial charge in [-0.1, -0.05) is 48.6 Å². The first-order chi connectivity index (χ1) is 38.2. The van der Waals surface area contributed by atoms with Gasteiger partial charge in [0.25, 0.3) is 11.8 Å². The lowest BCUT2D eigenvalue weighted by Gasteiger charge is -2.39. The molecule has 0 spiro atoms. The number of rotatable bonds is 17. The number of fused-ring (bicyclic) bond motifs is 4. The topological polar surface area (TPSA) is 320 Å². The molecule has 3 aromatic carbocycles. The molecular weight excluding hydrogens is 1060 g/mol. The number of primary amides is 1. The zero-order chi connectivity index (χ0) is 57.0. The number of carbonyl (C=O) groups excluding carboxylic acids is 9. The molecule has 4 aromatic rings. The monoisotopic (exact) mass is 1120 g/mol. The molecule has 80 heavy (non-hydrogen) atoms. The Bertz CT molecular complexity index is 3280. The van der Waals surface area contributed by atoms with Crippen LogP contribution in [0.15, 0.2) is 66.7 Å². The summed E-state index contributed by atoms with van der Waals surface area (Å²) in [6.45, 7) is 0.301. The number of carbonyl (C=O) groups is 9. The first kappa shape index (κ1) is 56.7. The Balaban J connectivity index is 0.875. The summed E-state index contributed by atoms with van der Waals surface area (Å²) in [6, 6.07) is 10.6. The van der Waals surface area contributed by atoms with Gasteiger partial charge in [-0.05, 0) is 86.9 Å². The van der Waals surface area contributed by atoms with Crippen LogP contribution < -0.4 is 31.7 Å². The number of imide groups is 1. The molecule has 422 valence electrons. The second-order valence-corrected chi connectivity index (χ2v) is 22.3. The van der Waals surface area contributed by atoms with Crippen molar-refractivity contribution in [2.45, 2.75) is 132 Å². The molecular formula is C55H60F2N9O13P. The highest BCUT2D eigenvalue weighted by Gasteiger charge is 2.51. The Morgan fingerprint density at radius 1 is 0.900 bits per heavy atom. The fourth-order valence-corrected chi connectivity index (χ4v) is 11.6. The Kier molecular flexibility index (Phi) is 16.8. The number of unbranched alkanes of at least 4 members (excludes halogenated alkanes) is 3. The third-order valence-electron chi connectivity index (χ3n) is 15.3. The van der Waals surface area contributed by atoms with Crippen LogP contribution in [0.1, 0.15) is 133 Å². The van der Waals surface area contributed by atoms with Crippen LogP contribution in [0.3, 0.4) is 0 Å². The van der Waals surface area contributed by atoms with Crippen molar-refractivity contribution in [3.05, 3.63) is 100 Å². The smallest absolute Gasteiger partial charge is 0.399 e. The molecule has 5 aliphatic rings. The average molecular weight is 1120 g/mol. The van der Waals surface area contributed by atoms with E-state index >= 15 is 0 Å². The number of benzene rings is 3. The maximum Gasteiger partial charge on any atom is 0.399 e. The molecule has 0 bridgehead atoms. The van der Waals surface area contributed by atoms with Gasteiger partial charge in [-0.15, -0.1) is 0 Å². The summed E-state index contributed by atoms with van der Waals surface area (Å²) in [7, 11) is -5.93. The molecule has 22 nitrogen and oxygen atoms in total. The van der Waals surface area contributed by atoms with Gasteiger partial charge < -0.3 is 55.9 Å². The van der Waals surface area contributed by atoms with Crippen LogP contribution >= 0.6 is 7.60 Å². The van der Waals surface area contributed by atoms with Gasteiger partial charge in [-0.2, -0.15) is 8.78 Å². The summed E-state index contributed by atoms with van der Waals surface area (Å²) < 4.78 is 46.8. The minimum atomic E-state index is -5.93. The van der Waals surface area contributed by atoms with E-state index in [-0.39, 0.29) is 98.9 Å². The molecule has 9 N–H and O–H groups in total. The van der Waals surface area contributed by atoms with Gasteiger partial charge >= 0.3 is 13.3 Å².